The van der Waals surface area contributed by atoms with Crippen molar-refractivity contribution >= 4 is 0 Å². The van der Waals surface area contributed by atoms with Crippen molar-refractivity contribution in [3.05, 3.63) is 12.3 Å². The Labute approximate surface area is 111 Å². The van der Waals surface area contributed by atoms with Crippen LogP contribution in [0.1, 0.15) is 0 Å². The van der Waals surface area contributed by atoms with E-state index in [-0.39, 0.29) is 18.7 Å². The van der Waals surface area contributed by atoms with Crippen molar-refractivity contribution in [2.45, 2.75) is 0 Å². The van der Waals surface area contributed by atoms with Crippen LogP contribution in [-0.4, -0.2) is 82.4 Å². The van der Waals surface area contributed by atoms with Crippen molar-refractivity contribution in [1.29, 1.82) is 0 Å². The Morgan fingerprint density at radius 2 is 1.26 bits per heavy atom. The highest BCUT2D eigenvalue weighted by molar-refractivity contribution is 5.02. The molecule has 19 heavy (non-hydrogen) atoms. The predicted octanol–water partition coefficient (Wildman–Crippen LogP) is -2.82. The topological polar surface area (TPSA) is 162 Å². The van der Waals surface area contributed by atoms with Gasteiger partial charge in [-0.05, 0) is 0 Å². The lowest BCUT2D eigenvalue weighted by Gasteiger charge is -2.32. The summed E-state index contributed by atoms with van der Waals surface area (Å²) >= 11 is 0. The van der Waals surface area contributed by atoms with E-state index in [4.69, 9.17) is 30.3 Å². The van der Waals surface area contributed by atoms with E-state index < -0.39 is 49.6 Å². The molecule has 116 valence electrons. The van der Waals surface area contributed by atoms with Gasteiger partial charge in [0.1, 0.15) is 0 Å². The fourth-order valence-electron chi connectivity index (χ4n) is 1.16. The number of hydrogen-bond donors (Lipinski definition) is 6. The van der Waals surface area contributed by atoms with E-state index in [9.17, 15) is 5.11 Å². The van der Waals surface area contributed by atoms with Gasteiger partial charge in [-0.2, -0.15) is 0 Å². The molecule has 0 saturated heterocycles. The number of rotatable bonds is 10. The van der Waals surface area contributed by atoms with Crippen LogP contribution < -0.4 is 0 Å². The van der Waals surface area contributed by atoms with Crippen molar-refractivity contribution in [1.82, 2.24) is 0 Å². The third kappa shape index (κ3) is 5.03. The molecule has 0 unspecified atom stereocenters. The van der Waals surface area contributed by atoms with Crippen LogP contribution in [0.5, 0.6) is 0 Å². The standard InChI is InChI=1S/C11H22O7.H2O/c1-9(17)11(5-15,6-16)8-18-7-10(2-12,3-13)4-14;/h12-17H,1-8H2;1H2. The van der Waals surface area contributed by atoms with E-state index in [1.165, 1.54) is 0 Å². The summed E-state index contributed by atoms with van der Waals surface area (Å²) in [5.41, 5.74) is -2.60. The van der Waals surface area contributed by atoms with Gasteiger partial charge < -0.3 is 40.9 Å². The molecule has 0 aliphatic rings. The van der Waals surface area contributed by atoms with Gasteiger partial charge in [0.05, 0.1) is 62.8 Å². The minimum absolute atomic E-state index is 0. The summed E-state index contributed by atoms with van der Waals surface area (Å²) in [6.45, 7) is 0.235. The average Bonchev–Trinajstić information content (AvgIpc) is 2.40. The van der Waals surface area contributed by atoms with Crippen LogP contribution in [0, 0.1) is 10.8 Å². The van der Waals surface area contributed by atoms with Crippen LogP contribution in [0.3, 0.4) is 0 Å². The van der Waals surface area contributed by atoms with E-state index >= 15 is 0 Å². The molecule has 8 heteroatoms. The van der Waals surface area contributed by atoms with Gasteiger partial charge >= 0.3 is 0 Å². The van der Waals surface area contributed by atoms with Crippen molar-refractivity contribution in [2.75, 3.05) is 46.2 Å². The molecule has 0 spiro atoms. The van der Waals surface area contributed by atoms with Gasteiger partial charge in [-0.3, -0.25) is 0 Å². The molecule has 0 aliphatic heterocycles. The van der Waals surface area contributed by atoms with E-state index in [1.54, 1.807) is 0 Å². The van der Waals surface area contributed by atoms with E-state index in [1.807, 2.05) is 0 Å². The van der Waals surface area contributed by atoms with Crippen molar-refractivity contribution < 1.29 is 40.9 Å². The average molecular weight is 284 g/mol. The van der Waals surface area contributed by atoms with Gasteiger partial charge in [-0.1, -0.05) is 6.58 Å². The fraction of sp³-hybridized carbons (Fsp3) is 0.818. The lowest BCUT2D eigenvalue weighted by Crippen LogP contribution is -2.42. The van der Waals surface area contributed by atoms with E-state index in [2.05, 4.69) is 6.58 Å². The van der Waals surface area contributed by atoms with Crippen LogP contribution in [0.4, 0.5) is 0 Å². The Bertz CT molecular complexity index is 239. The maximum atomic E-state index is 9.32. The molecule has 0 aromatic rings. The predicted molar refractivity (Wildman–Crippen MR) is 66.5 cm³/mol. The molecular weight excluding hydrogens is 260 g/mol. The molecule has 0 fully saturated rings. The zero-order valence-electron chi connectivity index (χ0n) is 10.7. The first-order valence-corrected chi connectivity index (χ1v) is 5.46. The van der Waals surface area contributed by atoms with Gasteiger partial charge in [0.15, 0.2) is 0 Å². The Hall–Kier alpha value is -0.740. The quantitative estimate of drug-likeness (QED) is 0.236. The fourth-order valence-corrected chi connectivity index (χ4v) is 1.16. The molecule has 0 atom stereocenters. The Morgan fingerprint density at radius 1 is 0.842 bits per heavy atom. The highest BCUT2D eigenvalue weighted by atomic mass is 16.5. The summed E-state index contributed by atoms with van der Waals surface area (Å²) < 4.78 is 5.16. The van der Waals surface area contributed by atoms with Crippen LogP contribution in [0.2, 0.25) is 0 Å². The normalized spacial score (nSPS) is 12.1. The molecule has 0 heterocycles. The second-order valence-electron chi connectivity index (χ2n) is 4.51. The smallest absolute Gasteiger partial charge is 0.0982 e. The van der Waals surface area contributed by atoms with Gasteiger partial charge in [0.25, 0.3) is 0 Å². The molecule has 0 aliphatic carbocycles. The molecule has 0 radical (unpaired) electrons. The number of aliphatic hydroxyl groups excluding tert-OH is 6. The van der Waals surface area contributed by atoms with Crippen molar-refractivity contribution in [2.24, 2.45) is 10.8 Å². The van der Waals surface area contributed by atoms with Crippen LogP contribution in [0.15, 0.2) is 12.3 Å². The van der Waals surface area contributed by atoms with Gasteiger partial charge in [-0.15, -0.1) is 0 Å². The van der Waals surface area contributed by atoms with Gasteiger partial charge in [0.2, 0.25) is 0 Å². The SMILES string of the molecule is C=C(O)C(CO)(CO)COCC(CO)(CO)CO.O. The van der Waals surface area contributed by atoms with Crippen molar-refractivity contribution in [3.8, 4) is 0 Å². The molecule has 0 saturated carbocycles. The van der Waals surface area contributed by atoms with E-state index in [0.717, 1.165) is 0 Å². The minimum atomic E-state index is -1.40. The molecule has 0 bridgehead atoms. The molecule has 0 aromatic carbocycles. The van der Waals surface area contributed by atoms with Gasteiger partial charge in [-0.25, -0.2) is 0 Å². The zero-order valence-corrected chi connectivity index (χ0v) is 10.7. The van der Waals surface area contributed by atoms with Crippen LogP contribution >= 0.6 is 0 Å². The summed E-state index contributed by atoms with van der Waals surface area (Å²) in [4.78, 5) is 0. The highest BCUT2D eigenvalue weighted by Gasteiger charge is 2.35. The van der Waals surface area contributed by atoms with E-state index in [0.29, 0.717) is 0 Å². The summed E-state index contributed by atoms with van der Waals surface area (Å²) in [6, 6.07) is 0. The summed E-state index contributed by atoms with van der Waals surface area (Å²) in [6.07, 6.45) is 0. The first-order chi connectivity index (χ1) is 8.45. The molecular formula is C11H24O8. The minimum Gasteiger partial charge on any atom is -0.512 e. The number of ether oxygens (including phenoxy) is 1. The van der Waals surface area contributed by atoms with Crippen LogP contribution in [-0.2, 0) is 4.74 Å². The first kappa shape index (κ1) is 20.6. The number of hydrogen-bond acceptors (Lipinski definition) is 7. The zero-order chi connectivity index (χ0) is 14.2. The molecule has 0 aromatic heterocycles. The number of aliphatic hydroxyl groups is 6. The molecule has 0 amide bonds. The van der Waals surface area contributed by atoms with Crippen molar-refractivity contribution in [3.63, 3.8) is 0 Å². The highest BCUT2D eigenvalue weighted by Crippen LogP contribution is 2.25. The first-order valence-electron chi connectivity index (χ1n) is 5.46. The molecule has 0 rings (SSSR count). The third-order valence-corrected chi connectivity index (χ3v) is 3.01. The summed E-state index contributed by atoms with van der Waals surface area (Å²) in [5.74, 6) is -0.421. The monoisotopic (exact) mass is 284 g/mol. The van der Waals surface area contributed by atoms with Gasteiger partial charge in [0, 0.05) is 0 Å². The maximum absolute atomic E-state index is 9.32. The molecule has 8 N–H and O–H groups in total. The third-order valence-electron chi connectivity index (χ3n) is 3.01. The Balaban J connectivity index is 0. The summed E-state index contributed by atoms with van der Waals surface area (Å²) in [5, 5.41) is 54.8. The maximum Gasteiger partial charge on any atom is 0.0982 e. The second-order valence-corrected chi connectivity index (χ2v) is 4.51. The van der Waals surface area contributed by atoms with Crippen LogP contribution in [0.25, 0.3) is 0 Å². The Morgan fingerprint density at radius 3 is 1.53 bits per heavy atom. The lowest BCUT2D eigenvalue weighted by molar-refractivity contribution is -0.0895. The summed E-state index contributed by atoms with van der Waals surface area (Å²) in [7, 11) is 0. The molecule has 8 nitrogen and oxygen atoms in total. The lowest BCUT2D eigenvalue weighted by atomic mass is 9.88. The largest absolute Gasteiger partial charge is 0.512 e. The second kappa shape index (κ2) is 9.21. The Kier molecular flexibility index (Phi) is 9.97.